The third-order valence-electron chi connectivity index (χ3n) is 3.33. The van der Waals surface area contributed by atoms with Crippen LogP contribution >= 0.6 is 0 Å². The Labute approximate surface area is 111 Å². The van der Waals surface area contributed by atoms with E-state index in [-0.39, 0.29) is 25.1 Å². The largest absolute Gasteiger partial charge is 0.447 e. The molecule has 1 saturated carbocycles. The van der Waals surface area contributed by atoms with Crippen LogP contribution in [0.3, 0.4) is 0 Å². The first-order valence-electron chi connectivity index (χ1n) is 6.09. The summed E-state index contributed by atoms with van der Waals surface area (Å²) >= 11 is 0. The van der Waals surface area contributed by atoms with Gasteiger partial charge in [-0.3, -0.25) is 0 Å². The molecule has 0 radical (unpaired) electrons. The molecule has 0 bridgehead atoms. The second-order valence-corrected chi connectivity index (χ2v) is 6.30. The molecule has 7 heteroatoms. The van der Waals surface area contributed by atoms with Gasteiger partial charge in [-0.15, -0.1) is 0 Å². The van der Waals surface area contributed by atoms with Crippen molar-refractivity contribution in [1.29, 1.82) is 0 Å². The van der Waals surface area contributed by atoms with Gasteiger partial charge in [0.15, 0.2) is 0 Å². The highest BCUT2D eigenvalue weighted by atomic mass is 32.2. The molecule has 2 aliphatic rings. The van der Waals surface area contributed by atoms with Crippen LogP contribution in [0.4, 0.5) is 4.79 Å². The third-order valence-corrected chi connectivity index (χ3v) is 4.84. The summed E-state index contributed by atoms with van der Waals surface area (Å²) in [6, 6.07) is 9.59. The number of cyclic esters (lactones) is 1. The molecule has 1 aromatic carbocycles. The van der Waals surface area contributed by atoms with E-state index < -0.39 is 16.3 Å². The van der Waals surface area contributed by atoms with E-state index >= 15 is 0 Å². The van der Waals surface area contributed by atoms with Crippen LogP contribution in [0.5, 0.6) is 0 Å². The standard InChI is InChI=1S/C12H14N2O4S/c15-12-14(6-7-18-12)19(16,17)13-11-8-10(11)9-4-2-1-3-5-9/h1-5,10-11,13H,6-8H2/t10-,11?/m0/s1. The van der Waals surface area contributed by atoms with E-state index in [9.17, 15) is 13.2 Å². The average Bonchev–Trinajstić information content (AvgIpc) is 2.99. The molecule has 1 unspecified atom stereocenters. The maximum absolute atomic E-state index is 12.0. The van der Waals surface area contributed by atoms with E-state index in [1.165, 1.54) is 0 Å². The predicted octanol–water partition coefficient (Wildman–Crippen LogP) is 0.829. The van der Waals surface area contributed by atoms with Crippen LogP contribution < -0.4 is 4.72 Å². The van der Waals surface area contributed by atoms with Crippen molar-refractivity contribution < 1.29 is 17.9 Å². The van der Waals surface area contributed by atoms with Crippen molar-refractivity contribution in [3.8, 4) is 0 Å². The highest BCUT2D eigenvalue weighted by Gasteiger charge is 2.44. The molecule has 1 aliphatic heterocycles. The molecule has 2 fully saturated rings. The summed E-state index contributed by atoms with van der Waals surface area (Å²) in [4.78, 5) is 11.3. The number of nitrogens with one attached hydrogen (secondary N) is 1. The lowest BCUT2D eigenvalue weighted by atomic mass is 10.1. The number of amides is 1. The number of ether oxygens (including phenoxy) is 1. The Morgan fingerprint density at radius 1 is 1.26 bits per heavy atom. The number of carbonyl (C=O) groups is 1. The van der Waals surface area contributed by atoms with Crippen LogP contribution in [-0.2, 0) is 14.9 Å². The zero-order chi connectivity index (χ0) is 13.5. The topological polar surface area (TPSA) is 75.7 Å². The third kappa shape index (κ3) is 2.43. The lowest BCUT2D eigenvalue weighted by Crippen LogP contribution is -2.42. The van der Waals surface area contributed by atoms with Crippen LogP contribution in [0.1, 0.15) is 17.9 Å². The molecular weight excluding hydrogens is 268 g/mol. The van der Waals surface area contributed by atoms with Crippen LogP contribution in [0.2, 0.25) is 0 Å². The molecule has 102 valence electrons. The highest BCUT2D eigenvalue weighted by Crippen LogP contribution is 2.41. The van der Waals surface area contributed by atoms with Crippen molar-refractivity contribution >= 4 is 16.3 Å². The number of benzene rings is 1. The molecule has 6 nitrogen and oxygen atoms in total. The van der Waals surface area contributed by atoms with E-state index in [4.69, 9.17) is 0 Å². The number of nitrogens with zero attached hydrogens (tertiary/aromatic N) is 1. The summed E-state index contributed by atoms with van der Waals surface area (Å²) in [5.41, 5.74) is 1.11. The Morgan fingerprint density at radius 2 is 2.00 bits per heavy atom. The van der Waals surface area contributed by atoms with Crippen LogP contribution in [-0.4, -0.2) is 38.0 Å². The van der Waals surface area contributed by atoms with Crippen LogP contribution in [0, 0.1) is 0 Å². The molecule has 1 N–H and O–H groups in total. The number of hydrogen-bond donors (Lipinski definition) is 1. The first kappa shape index (κ1) is 12.4. The Kier molecular flexibility index (Phi) is 2.94. The minimum atomic E-state index is -3.78. The van der Waals surface area contributed by atoms with Crippen molar-refractivity contribution in [1.82, 2.24) is 9.03 Å². The van der Waals surface area contributed by atoms with Gasteiger partial charge in [0, 0.05) is 12.0 Å². The van der Waals surface area contributed by atoms with Gasteiger partial charge in [-0.1, -0.05) is 30.3 Å². The molecule has 1 amide bonds. The molecule has 19 heavy (non-hydrogen) atoms. The van der Waals surface area contributed by atoms with Crippen molar-refractivity contribution in [2.45, 2.75) is 18.4 Å². The van der Waals surface area contributed by atoms with E-state index in [0.29, 0.717) is 0 Å². The summed E-state index contributed by atoms with van der Waals surface area (Å²) < 4.78 is 31.9. The van der Waals surface area contributed by atoms with Crippen molar-refractivity contribution in [3.63, 3.8) is 0 Å². The maximum Gasteiger partial charge on any atom is 0.424 e. The van der Waals surface area contributed by atoms with Gasteiger partial charge < -0.3 is 4.74 Å². The van der Waals surface area contributed by atoms with Crippen molar-refractivity contribution in [3.05, 3.63) is 35.9 Å². The average molecular weight is 282 g/mol. The van der Waals surface area contributed by atoms with Crippen molar-refractivity contribution in [2.75, 3.05) is 13.2 Å². The van der Waals surface area contributed by atoms with E-state index in [1.54, 1.807) is 0 Å². The Morgan fingerprint density at radius 3 is 2.63 bits per heavy atom. The number of hydrogen-bond acceptors (Lipinski definition) is 4. The smallest absolute Gasteiger partial charge is 0.424 e. The first-order chi connectivity index (χ1) is 9.08. The minimum Gasteiger partial charge on any atom is -0.447 e. The van der Waals surface area contributed by atoms with Crippen LogP contribution in [0.25, 0.3) is 0 Å². The second-order valence-electron chi connectivity index (χ2n) is 4.67. The zero-order valence-electron chi connectivity index (χ0n) is 10.2. The quantitative estimate of drug-likeness (QED) is 0.887. The maximum atomic E-state index is 12.0. The van der Waals surface area contributed by atoms with Crippen LogP contribution in [0.15, 0.2) is 30.3 Å². The van der Waals surface area contributed by atoms with Gasteiger partial charge in [0.1, 0.15) is 6.61 Å². The Balaban J connectivity index is 1.66. The molecule has 3 rings (SSSR count). The number of carbonyl (C=O) groups excluding carboxylic acids is 1. The molecule has 0 aromatic heterocycles. The molecule has 1 aliphatic carbocycles. The molecule has 2 atom stereocenters. The molecule has 1 aromatic rings. The Bertz CT molecular complexity index is 587. The van der Waals surface area contributed by atoms with E-state index in [2.05, 4.69) is 9.46 Å². The van der Waals surface area contributed by atoms with Gasteiger partial charge in [0.25, 0.3) is 0 Å². The predicted molar refractivity (Wildman–Crippen MR) is 67.7 cm³/mol. The van der Waals surface area contributed by atoms with Gasteiger partial charge in [-0.05, 0) is 12.0 Å². The molecule has 1 saturated heterocycles. The summed E-state index contributed by atoms with van der Waals surface area (Å²) in [6.45, 7) is 0.198. The first-order valence-corrected chi connectivity index (χ1v) is 7.53. The van der Waals surface area contributed by atoms with Gasteiger partial charge in [0.05, 0.1) is 6.54 Å². The second kappa shape index (κ2) is 4.50. The lowest BCUT2D eigenvalue weighted by molar-refractivity contribution is 0.169. The molecule has 1 heterocycles. The molecular formula is C12H14N2O4S. The highest BCUT2D eigenvalue weighted by molar-refractivity contribution is 7.87. The van der Waals surface area contributed by atoms with E-state index in [1.807, 2.05) is 30.3 Å². The summed E-state index contributed by atoms with van der Waals surface area (Å²) in [5, 5.41) is 0. The van der Waals surface area contributed by atoms with Gasteiger partial charge >= 0.3 is 16.3 Å². The van der Waals surface area contributed by atoms with E-state index in [0.717, 1.165) is 16.3 Å². The molecule has 0 spiro atoms. The number of rotatable bonds is 4. The fraction of sp³-hybridized carbons (Fsp3) is 0.417. The monoisotopic (exact) mass is 282 g/mol. The minimum absolute atomic E-state index is 0.0802. The summed E-state index contributed by atoms with van der Waals surface area (Å²) in [7, 11) is -3.78. The lowest BCUT2D eigenvalue weighted by Gasteiger charge is -2.14. The fourth-order valence-electron chi connectivity index (χ4n) is 2.25. The van der Waals surface area contributed by atoms with Crippen molar-refractivity contribution in [2.24, 2.45) is 0 Å². The zero-order valence-corrected chi connectivity index (χ0v) is 11.0. The SMILES string of the molecule is O=C1OCCN1S(=O)(=O)NC1C[C@H]1c1ccccc1. The van der Waals surface area contributed by atoms with Gasteiger partial charge in [-0.25, -0.2) is 4.79 Å². The van der Waals surface area contributed by atoms with Gasteiger partial charge in [0.2, 0.25) is 0 Å². The summed E-state index contributed by atoms with van der Waals surface area (Å²) in [5.74, 6) is 0.189. The van der Waals surface area contributed by atoms with Gasteiger partial charge in [-0.2, -0.15) is 17.4 Å². The Hall–Kier alpha value is -1.60. The summed E-state index contributed by atoms with van der Waals surface area (Å²) in [6.07, 6.45) is -0.0454. The normalized spacial score (nSPS) is 26.3. The fourth-order valence-corrected chi connectivity index (χ4v) is 3.58.